The maximum Gasteiger partial charge on any atom is 0.121 e. The highest BCUT2D eigenvalue weighted by molar-refractivity contribution is 6.31. The van der Waals surface area contributed by atoms with Crippen molar-refractivity contribution in [2.45, 2.75) is 25.2 Å². The first-order valence-electron chi connectivity index (χ1n) is 10.8. The number of hydrazone groups is 1. The third-order valence-electron chi connectivity index (χ3n) is 6.53. The van der Waals surface area contributed by atoms with Crippen molar-refractivity contribution in [1.29, 1.82) is 0 Å². The molecule has 0 atom stereocenters. The van der Waals surface area contributed by atoms with Gasteiger partial charge in [-0.15, -0.1) is 0 Å². The van der Waals surface area contributed by atoms with Gasteiger partial charge in [0, 0.05) is 36.1 Å². The van der Waals surface area contributed by atoms with E-state index in [1.54, 1.807) is 0 Å². The molecule has 2 aliphatic heterocycles. The molecule has 0 aromatic heterocycles. The number of fused-ring (bicyclic) bond motifs is 2. The summed E-state index contributed by atoms with van der Waals surface area (Å²) in [5.41, 5.74) is 3.85. The highest BCUT2D eigenvalue weighted by Crippen LogP contribution is 2.48. The molecule has 0 amide bonds. The monoisotopic (exact) mass is 456 g/mol. The van der Waals surface area contributed by atoms with Gasteiger partial charge in [0.1, 0.15) is 5.84 Å². The number of likely N-dealkylation sites (tertiary alicyclic amines) is 1. The van der Waals surface area contributed by atoms with E-state index in [1.165, 1.54) is 16.8 Å². The van der Waals surface area contributed by atoms with Gasteiger partial charge in [-0.2, -0.15) is 5.10 Å². The molecule has 1 spiro atoms. The van der Waals surface area contributed by atoms with E-state index in [0.29, 0.717) is 0 Å². The third kappa shape index (κ3) is 4.92. The molecule has 4 nitrogen and oxygen atoms in total. The number of amidine groups is 1. The molecular weight excluding hydrogens is 427 g/mol. The van der Waals surface area contributed by atoms with Crippen LogP contribution in [-0.2, 0) is 5.41 Å². The van der Waals surface area contributed by atoms with Crippen molar-refractivity contribution in [3.05, 3.63) is 69.7 Å². The van der Waals surface area contributed by atoms with Crippen molar-refractivity contribution >= 4 is 40.8 Å². The van der Waals surface area contributed by atoms with Crippen molar-refractivity contribution < 1.29 is 0 Å². The Balaban J connectivity index is 1.45. The molecule has 4 rings (SSSR count). The second-order valence-electron chi connectivity index (χ2n) is 8.80. The molecule has 2 aliphatic rings. The maximum atomic E-state index is 6.40. The summed E-state index contributed by atoms with van der Waals surface area (Å²) in [5.74, 6) is 1.00. The number of anilines is 1. The Morgan fingerprint density at radius 1 is 1.06 bits per heavy atom. The summed E-state index contributed by atoms with van der Waals surface area (Å²) in [4.78, 5) is 4.58. The molecule has 0 bridgehead atoms. The lowest BCUT2D eigenvalue weighted by molar-refractivity contribution is 0.180. The maximum absolute atomic E-state index is 6.40. The van der Waals surface area contributed by atoms with Crippen molar-refractivity contribution in [3.63, 3.8) is 0 Å². The van der Waals surface area contributed by atoms with Crippen LogP contribution in [0.25, 0.3) is 6.08 Å². The molecule has 6 heteroatoms. The standard InChI is InChI=1S/C25H30Cl2N4/c1-19(29(2)3)28-31-18-25(23-17-22(27)10-11-24(23)31)12-15-30(16-13-25)14-4-5-20-6-8-21(26)9-7-20/h4-11,17H,12-16,18H2,1-3H3/b5-4+,28-19+. The summed E-state index contributed by atoms with van der Waals surface area (Å²) in [6, 6.07) is 14.2. The van der Waals surface area contributed by atoms with Crippen LogP contribution in [-0.4, -0.2) is 55.9 Å². The van der Waals surface area contributed by atoms with Crippen LogP contribution in [0.5, 0.6) is 0 Å². The lowest BCUT2D eigenvalue weighted by Crippen LogP contribution is -2.44. The Labute approximate surface area is 195 Å². The van der Waals surface area contributed by atoms with E-state index in [1.807, 2.05) is 44.4 Å². The minimum Gasteiger partial charge on any atom is -0.365 e. The lowest BCUT2D eigenvalue weighted by atomic mass is 9.74. The molecule has 2 heterocycles. The van der Waals surface area contributed by atoms with Crippen LogP contribution < -0.4 is 5.01 Å². The molecule has 0 aliphatic carbocycles. The average molecular weight is 457 g/mol. The van der Waals surface area contributed by atoms with Crippen LogP contribution in [0.1, 0.15) is 30.9 Å². The van der Waals surface area contributed by atoms with E-state index < -0.39 is 0 Å². The number of piperidine rings is 1. The molecule has 1 saturated heterocycles. The molecule has 0 radical (unpaired) electrons. The molecule has 1 fully saturated rings. The topological polar surface area (TPSA) is 22.1 Å². The normalized spacial score (nSPS) is 18.7. The van der Waals surface area contributed by atoms with Crippen molar-refractivity contribution in [2.24, 2.45) is 5.10 Å². The zero-order valence-corrected chi connectivity index (χ0v) is 20.0. The minimum atomic E-state index is 0.118. The quantitative estimate of drug-likeness (QED) is 0.431. The number of halogens is 2. The average Bonchev–Trinajstić information content (AvgIpc) is 3.03. The van der Waals surface area contributed by atoms with E-state index >= 15 is 0 Å². The second kappa shape index (κ2) is 9.23. The first kappa shape index (κ1) is 22.2. The largest absolute Gasteiger partial charge is 0.365 e. The van der Waals surface area contributed by atoms with E-state index in [9.17, 15) is 0 Å². The van der Waals surface area contributed by atoms with Crippen LogP contribution in [0, 0.1) is 0 Å². The lowest BCUT2D eigenvalue weighted by Gasteiger charge is -2.39. The minimum absolute atomic E-state index is 0.118. The van der Waals surface area contributed by atoms with Crippen LogP contribution in [0.4, 0.5) is 5.69 Å². The SMILES string of the molecule is C/C(=N\N1CC2(CCN(C/C=C/c3ccc(Cl)cc3)CC2)c2cc(Cl)ccc21)N(C)C. The molecule has 0 unspecified atom stereocenters. The Bertz CT molecular complexity index is 974. The van der Waals surface area contributed by atoms with Gasteiger partial charge in [0.2, 0.25) is 0 Å². The number of hydrogen-bond acceptors (Lipinski definition) is 3. The summed E-state index contributed by atoms with van der Waals surface area (Å²) >= 11 is 12.4. The summed E-state index contributed by atoms with van der Waals surface area (Å²) in [5, 5.41) is 8.66. The van der Waals surface area contributed by atoms with Crippen LogP contribution in [0.2, 0.25) is 10.0 Å². The van der Waals surface area contributed by atoms with Gasteiger partial charge in [0.05, 0.1) is 12.2 Å². The summed E-state index contributed by atoms with van der Waals surface area (Å²) in [7, 11) is 4.06. The highest BCUT2D eigenvalue weighted by Gasteiger charge is 2.45. The first-order chi connectivity index (χ1) is 14.9. The molecule has 0 saturated carbocycles. The zero-order valence-electron chi connectivity index (χ0n) is 18.5. The first-order valence-corrected chi connectivity index (χ1v) is 11.6. The van der Waals surface area contributed by atoms with E-state index in [4.69, 9.17) is 28.3 Å². The zero-order chi connectivity index (χ0) is 22.0. The van der Waals surface area contributed by atoms with Gasteiger partial charge in [-0.05, 0) is 74.3 Å². The van der Waals surface area contributed by atoms with Crippen LogP contribution >= 0.6 is 23.2 Å². The van der Waals surface area contributed by atoms with E-state index in [2.05, 4.69) is 46.0 Å². The van der Waals surface area contributed by atoms with Crippen molar-refractivity contribution in [1.82, 2.24) is 9.80 Å². The summed E-state index contributed by atoms with van der Waals surface area (Å²) in [6.07, 6.45) is 6.65. The van der Waals surface area contributed by atoms with Crippen LogP contribution in [0.3, 0.4) is 0 Å². The molecule has 2 aromatic carbocycles. The smallest absolute Gasteiger partial charge is 0.121 e. The Hall–Kier alpha value is -2.01. The Kier molecular flexibility index (Phi) is 6.61. The molecule has 2 aromatic rings. The van der Waals surface area contributed by atoms with Crippen LogP contribution in [0.15, 0.2) is 53.6 Å². The Morgan fingerprint density at radius 2 is 1.74 bits per heavy atom. The van der Waals surface area contributed by atoms with Gasteiger partial charge in [-0.1, -0.05) is 47.5 Å². The number of hydrogen-bond donors (Lipinski definition) is 0. The Morgan fingerprint density at radius 3 is 2.42 bits per heavy atom. The third-order valence-corrected chi connectivity index (χ3v) is 7.02. The number of rotatable bonds is 4. The predicted molar refractivity (Wildman–Crippen MR) is 133 cm³/mol. The number of benzene rings is 2. The highest BCUT2D eigenvalue weighted by atomic mass is 35.5. The second-order valence-corrected chi connectivity index (χ2v) is 9.67. The number of nitrogens with zero attached hydrogens (tertiary/aromatic N) is 4. The molecule has 0 N–H and O–H groups in total. The molecular formula is C25H30Cl2N4. The molecule has 31 heavy (non-hydrogen) atoms. The van der Waals surface area contributed by atoms with Gasteiger partial charge < -0.3 is 4.90 Å². The van der Waals surface area contributed by atoms with E-state index in [0.717, 1.165) is 54.9 Å². The van der Waals surface area contributed by atoms with Gasteiger partial charge in [-0.25, -0.2) is 0 Å². The van der Waals surface area contributed by atoms with Crippen molar-refractivity contribution in [3.8, 4) is 0 Å². The predicted octanol–water partition coefficient (Wildman–Crippen LogP) is 5.76. The van der Waals surface area contributed by atoms with E-state index in [-0.39, 0.29) is 5.41 Å². The van der Waals surface area contributed by atoms with Gasteiger partial charge in [0.15, 0.2) is 0 Å². The fraction of sp³-hybridized carbons (Fsp3) is 0.400. The summed E-state index contributed by atoms with van der Waals surface area (Å²) in [6.45, 7) is 6.07. The fourth-order valence-electron chi connectivity index (χ4n) is 4.47. The van der Waals surface area contributed by atoms with Gasteiger partial charge in [0.25, 0.3) is 0 Å². The van der Waals surface area contributed by atoms with Crippen molar-refractivity contribution in [2.75, 3.05) is 45.3 Å². The van der Waals surface area contributed by atoms with Gasteiger partial charge >= 0.3 is 0 Å². The fourth-order valence-corrected chi connectivity index (χ4v) is 4.77. The van der Waals surface area contributed by atoms with Gasteiger partial charge in [-0.3, -0.25) is 9.91 Å². The molecule has 164 valence electrons. The summed E-state index contributed by atoms with van der Waals surface area (Å²) < 4.78 is 0.